The molecule has 2 aromatic heterocycles. The van der Waals surface area contributed by atoms with Crippen LogP contribution in [0.2, 0.25) is 5.02 Å². The number of nitrogens with zero attached hydrogens (tertiary/aromatic N) is 7. The summed E-state index contributed by atoms with van der Waals surface area (Å²) in [5.41, 5.74) is 7.69. The molecule has 2 aliphatic heterocycles. The number of fused-ring (bicyclic) bond motifs is 1. The molecule has 8 rings (SSSR count). The van der Waals surface area contributed by atoms with Crippen molar-refractivity contribution in [2.75, 3.05) is 31.6 Å². The van der Waals surface area contributed by atoms with Crippen molar-refractivity contribution in [2.24, 2.45) is 10.9 Å². The highest BCUT2D eigenvalue weighted by atomic mass is 35.5. The molecular formula is C54H58ClF3N10O4S. The molecule has 0 bridgehead atoms. The van der Waals surface area contributed by atoms with Crippen LogP contribution in [0, 0.1) is 30.6 Å². The van der Waals surface area contributed by atoms with Gasteiger partial charge in [0.15, 0.2) is 5.82 Å². The van der Waals surface area contributed by atoms with Gasteiger partial charge in [-0.15, -0.1) is 21.5 Å². The summed E-state index contributed by atoms with van der Waals surface area (Å²) in [4.78, 5) is 38.9. The van der Waals surface area contributed by atoms with Crippen LogP contribution >= 0.6 is 22.9 Å². The molecule has 1 unspecified atom stereocenters. The highest BCUT2D eigenvalue weighted by molar-refractivity contribution is 7.17. The third-order valence-electron chi connectivity index (χ3n) is 13.4. The van der Waals surface area contributed by atoms with Crippen molar-refractivity contribution in [2.45, 2.75) is 91.5 Å². The summed E-state index contributed by atoms with van der Waals surface area (Å²) in [7, 11) is 1.99. The Labute approximate surface area is 431 Å². The largest absolute Gasteiger partial charge is 0.508 e. The topological polar surface area (TPSA) is 187 Å². The Bertz CT molecular complexity index is 3070. The molecule has 73 heavy (non-hydrogen) atoms. The Morgan fingerprint density at radius 3 is 2.14 bits per heavy atom. The normalized spacial score (nSPS) is 15.4. The number of alkyl halides is 3. The van der Waals surface area contributed by atoms with Gasteiger partial charge in [0, 0.05) is 59.0 Å². The monoisotopic (exact) mass is 1030 g/mol. The lowest BCUT2D eigenvalue weighted by atomic mass is 9.89. The minimum atomic E-state index is -4.66. The van der Waals surface area contributed by atoms with Gasteiger partial charge in [-0.05, 0) is 117 Å². The number of aromatic nitrogens is 3. The number of aliphatic imine (C=N–C) groups is 1. The van der Waals surface area contributed by atoms with Gasteiger partial charge in [-0.3, -0.25) is 39.8 Å². The minimum Gasteiger partial charge on any atom is -0.508 e. The molecule has 19 heteroatoms. The van der Waals surface area contributed by atoms with E-state index < -0.39 is 30.5 Å². The van der Waals surface area contributed by atoms with Crippen LogP contribution in [0.15, 0.2) is 89.9 Å². The lowest BCUT2D eigenvalue weighted by Gasteiger charge is -2.33. The van der Waals surface area contributed by atoms with Crippen LogP contribution in [0.25, 0.3) is 17.1 Å². The number of aryl methyl sites for hydroxylation is 1. The van der Waals surface area contributed by atoms with E-state index in [9.17, 15) is 38.4 Å². The van der Waals surface area contributed by atoms with Crippen molar-refractivity contribution in [3.05, 3.63) is 140 Å². The number of hydrogen-bond donors (Lipinski definition) is 5. The average Bonchev–Trinajstić information content (AvgIpc) is 3.87. The number of likely N-dealkylation sites (tertiary alicyclic amines) is 1. The zero-order valence-corrected chi connectivity index (χ0v) is 43.0. The number of hydrogen-bond acceptors (Lipinski definition) is 11. The Balaban J connectivity index is 0.879. The predicted molar refractivity (Wildman–Crippen MR) is 280 cm³/mol. The van der Waals surface area contributed by atoms with Crippen LogP contribution < -0.4 is 10.2 Å². The number of phenols is 2. The second kappa shape index (κ2) is 21.7. The molecule has 5 N–H and O–H groups in total. The molecule has 0 spiro atoms. The lowest BCUT2D eigenvalue weighted by molar-refractivity contribution is -0.132. The SMILES string of the molecule is CC(=N)N1C(=N)C(CC(=O)N2CCC(Cc3ccc(CN(C)Cc4ccc(-n5c(C(=O)NCC(F)(F)F)nnc5-c5cc(C(C)C)c(O)cc5O)cc4)cc3)CC2)N=C(c2ccc(Cl)cc2)c2c1sc(C)c2C. The van der Waals surface area contributed by atoms with E-state index in [1.54, 1.807) is 24.0 Å². The molecule has 1 fully saturated rings. The van der Waals surface area contributed by atoms with Crippen LogP contribution in [-0.2, 0) is 24.3 Å². The van der Waals surface area contributed by atoms with Gasteiger partial charge in [-0.25, -0.2) is 0 Å². The Morgan fingerprint density at radius 1 is 0.918 bits per heavy atom. The van der Waals surface area contributed by atoms with Crippen molar-refractivity contribution in [3.63, 3.8) is 0 Å². The van der Waals surface area contributed by atoms with Gasteiger partial charge in [-0.1, -0.05) is 74.0 Å². The number of nitrogens with one attached hydrogen (secondary N) is 3. The van der Waals surface area contributed by atoms with E-state index in [0.717, 1.165) is 63.0 Å². The van der Waals surface area contributed by atoms with Crippen LogP contribution in [0.4, 0.5) is 18.2 Å². The number of thiophene rings is 1. The first-order valence-electron chi connectivity index (χ1n) is 24.0. The van der Waals surface area contributed by atoms with Gasteiger partial charge >= 0.3 is 6.18 Å². The van der Waals surface area contributed by atoms with E-state index in [4.69, 9.17) is 22.0 Å². The van der Waals surface area contributed by atoms with E-state index in [2.05, 4.69) is 39.4 Å². The van der Waals surface area contributed by atoms with Crippen LogP contribution in [0.5, 0.6) is 11.5 Å². The van der Waals surface area contributed by atoms with Crippen LogP contribution in [0.3, 0.4) is 0 Å². The maximum absolute atomic E-state index is 14.0. The molecule has 2 aliphatic rings. The van der Waals surface area contributed by atoms with Crippen molar-refractivity contribution in [1.82, 2.24) is 29.9 Å². The van der Waals surface area contributed by atoms with E-state index >= 15 is 0 Å². The first kappa shape index (κ1) is 52.4. The number of amides is 2. The van der Waals surface area contributed by atoms with Gasteiger partial charge in [0.2, 0.25) is 11.7 Å². The third-order valence-corrected chi connectivity index (χ3v) is 14.9. The van der Waals surface area contributed by atoms with Gasteiger partial charge in [0.25, 0.3) is 5.91 Å². The van der Waals surface area contributed by atoms with Gasteiger partial charge in [0.05, 0.1) is 17.7 Å². The molecule has 4 heterocycles. The van der Waals surface area contributed by atoms with Crippen molar-refractivity contribution in [1.29, 1.82) is 10.8 Å². The number of benzene rings is 4. The summed E-state index contributed by atoms with van der Waals surface area (Å²) in [5.74, 6) is -1.51. The molecular weight excluding hydrogens is 977 g/mol. The fraction of sp³-hybridized carbons (Fsp3) is 0.352. The number of carbonyl (C=O) groups excluding carboxylic acids is 2. The maximum Gasteiger partial charge on any atom is 0.405 e. The number of carbonyl (C=O) groups is 2. The number of halogens is 4. The lowest BCUT2D eigenvalue weighted by Crippen LogP contribution is -2.44. The Morgan fingerprint density at radius 2 is 1.53 bits per heavy atom. The molecule has 1 atom stereocenters. The number of rotatable bonds is 14. The number of phenolic OH excluding ortho intramolecular Hbond substituents is 2. The Hall–Kier alpha value is -6.89. The van der Waals surface area contributed by atoms with Crippen molar-refractivity contribution >= 4 is 57.1 Å². The van der Waals surface area contributed by atoms with Gasteiger partial charge in [0.1, 0.15) is 40.8 Å². The second-order valence-corrected chi connectivity index (χ2v) is 20.9. The molecule has 14 nitrogen and oxygen atoms in total. The zero-order chi connectivity index (χ0) is 52.5. The summed E-state index contributed by atoms with van der Waals surface area (Å²) >= 11 is 7.78. The van der Waals surface area contributed by atoms with Crippen LogP contribution in [-0.4, -0.2) is 103 Å². The summed E-state index contributed by atoms with van der Waals surface area (Å²) in [6.07, 6.45) is -2.05. The standard InChI is InChI=1S/C54H58ClF3N10O4S/c1-30(2)41-24-42(45(70)26-44(41)69)50-63-64-51(52(72)61-29-54(56,57)58)68(50)40-17-11-37(12-18-40)28-65(6)27-36-9-7-34(8-10-36)23-35-19-21-66(22-20-35)46(71)25-43-49(60)67(33(5)59)53-47(31(3)32(4)73-53)48(62-43)38-13-15-39(55)16-14-38/h7-18,24,26,30,35,43,59-60,69-70H,19-23,25,27-29H2,1-6H3,(H,61,72). The molecule has 0 aliphatic carbocycles. The maximum atomic E-state index is 14.0. The van der Waals surface area contributed by atoms with Crippen molar-refractivity contribution in [3.8, 4) is 28.6 Å². The van der Waals surface area contributed by atoms with E-state index in [-0.39, 0.29) is 52.8 Å². The summed E-state index contributed by atoms with van der Waals surface area (Å²) < 4.78 is 40.5. The highest BCUT2D eigenvalue weighted by Crippen LogP contribution is 2.41. The fourth-order valence-corrected chi connectivity index (χ4v) is 10.8. The molecule has 1 saturated heterocycles. The fourth-order valence-electron chi connectivity index (χ4n) is 9.46. The third kappa shape index (κ3) is 11.8. The summed E-state index contributed by atoms with van der Waals surface area (Å²) in [6, 6.07) is 25.0. The van der Waals surface area contributed by atoms with E-state index in [1.165, 1.54) is 27.5 Å². The molecule has 2 amide bonds. The first-order valence-corrected chi connectivity index (χ1v) is 25.2. The number of amidine groups is 2. The molecule has 6 aromatic rings. The minimum absolute atomic E-state index is 0.00450. The first-order chi connectivity index (χ1) is 34.6. The van der Waals surface area contributed by atoms with Crippen molar-refractivity contribution < 1.29 is 33.0 Å². The molecule has 382 valence electrons. The predicted octanol–water partition coefficient (Wildman–Crippen LogP) is 10.6. The quantitative estimate of drug-likeness (QED) is 0.0527. The average molecular weight is 1040 g/mol. The number of anilines is 1. The summed E-state index contributed by atoms with van der Waals surface area (Å²) in [6.45, 7) is 10.3. The van der Waals surface area contributed by atoms with Gasteiger partial charge < -0.3 is 20.4 Å². The summed E-state index contributed by atoms with van der Waals surface area (Å²) in [5, 5.41) is 50.6. The smallest absolute Gasteiger partial charge is 0.405 e. The zero-order valence-electron chi connectivity index (χ0n) is 41.4. The molecule has 4 aromatic carbocycles. The second-order valence-electron chi connectivity index (χ2n) is 19.2. The number of aromatic hydroxyl groups is 2. The van der Waals surface area contributed by atoms with Gasteiger partial charge in [-0.2, -0.15) is 13.2 Å². The Kier molecular flexibility index (Phi) is 15.6. The number of piperidine rings is 1. The highest BCUT2D eigenvalue weighted by Gasteiger charge is 2.36. The molecule has 0 saturated carbocycles. The molecule has 0 radical (unpaired) electrons. The van der Waals surface area contributed by atoms with E-state index in [0.29, 0.717) is 54.1 Å². The van der Waals surface area contributed by atoms with Crippen LogP contribution in [0.1, 0.15) is 100 Å². The van der Waals surface area contributed by atoms with E-state index in [1.807, 2.05) is 81.4 Å².